The number of hydrogen-bond donors (Lipinski definition) is 1. The number of H-pyrrole nitrogens is 1. The predicted octanol–water partition coefficient (Wildman–Crippen LogP) is 3.11. The van der Waals surface area contributed by atoms with Gasteiger partial charge in [0.15, 0.2) is 0 Å². The van der Waals surface area contributed by atoms with Gasteiger partial charge in [-0.25, -0.2) is 0 Å². The third-order valence-electron chi connectivity index (χ3n) is 4.21. The summed E-state index contributed by atoms with van der Waals surface area (Å²) < 4.78 is 0. The Hall–Kier alpha value is -2.62. The predicted molar refractivity (Wildman–Crippen MR) is 92.3 cm³/mol. The number of aromatic amines is 1. The van der Waals surface area contributed by atoms with Crippen molar-refractivity contribution in [3.05, 3.63) is 65.6 Å². The third-order valence-corrected chi connectivity index (χ3v) is 4.21. The van der Waals surface area contributed by atoms with Crippen LogP contribution in [0.15, 0.2) is 48.7 Å². The lowest BCUT2D eigenvalue weighted by Gasteiger charge is -2.17. The summed E-state index contributed by atoms with van der Waals surface area (Å²) in [6, 6.07) is 14.0. The van der Waals surface area contributed by atoms with Gasteiger partial charge in [-0.1, -0.05) is 24.3 Å². The van der Waals surface area contributed by atoms with Crippen LogP contribution in [0.1, 0.15) is 17.0 Å². The number of hydrogen-bond acceptors (Lipinski definition) is 2. The molecule has 1 N–H and O–H groups in total. The molecule has 0 fully saturated rings. The summed E-state index contributed by atoms with van der Waals surface area (Å²) in [4.78, 5) is 22.0. The molecule has 4 heteroatoms. The zero-order valence-corrected chi connectivity index (χ0v) is 13.5. The van der Waals surface area contributed by atoms with E-state index in [1.54, 1.807) is 11.1 Å². The van der Waals surface area contributed by atoms with Gasteiger partial charge in [0, 0.05) is 48.5 Å². The molecule has 3 aromatic rings. The van der Waals surface area contributed by atoms with Crippen LogP contribution in [0, 0.1) is 6.92 Å². The summed E-state index contributed by atoms with van der Waals surface area (Å²) in [5, 5.41) is 1.14. The van der Waals surface area contributed by atoms with Crippen LogP contribution >= 0.6 is 0 Å². The van der Waals surface area contributed by atoms with E-state index in [1.165, 1.54) is 0 Å². The van der Waals surface area contributed by atoms with Gasteiger partial charge < -0.3 is 9.88 Å². The lowest BCUT2D eigenvalue weighted by Crippen LogP contribution is -2.30. The molecule has 3 rings (SSSR count). The normalized spacial score (nSPS) is 10.9. The first kappa shape index (κ1) is 15.3. The maximum atomic E-state index is 12.5. The van der Waals surface area contributed by atoms with Crippen LogP contribution in [0.5, 0.6) is 0 Å². The van der Waals surface area contributed by atoms with Crippen molar-refractivity contribution >= 4 is 16.8 Å². The van der Waals surface area contributed by atoms with Crippen molar-refractivity contribution in [1.29, 1.82) is 0 Å². The first-order valence-corrected chi connectivity index (χ1v) is 7.85. The van der Waals surface area contributed by atoms with E-state index in [1.807, 2.05) is 50.4 Å². The fourth-order valence-corrected chi connectivity index (χ4v) is 2.80. The molecular formula is C19H21N3O. The summed E-state index contributed by atoms with van der Waals surface area (Å²) in [7, 11) is 1.86. The minimum atomic E-state index is 0.133. The Morgan fingerprint density at radius 1 is 1.17 bits per heavy atom. The number of aryl methyl sites for hydroxylation is 1. The summed E-state index contributed by atoms with van der Waals surface area (Å²) in [6.45, 7) is 2.70. The number of nitrogens with one attached hydrogen (secondary N) is 1. The van der Waals surface area contributed by atoms with Crippen molar-refractivity contribution in [3.8, 4) is 0 Å². The highest BCUT2D eigenvalue weighted by Gasteiger charge is 2.15. The molecule has 1 amide bonds. The Morgan fingerprint density at radius 3 is 2.74 bits per heavy atom. The monoisotopic (exact) mass is 307 g/mol. The lowest BCUT2D eigenvalue weighted by molar-refractivity contribution is -0.129. The molecule has 0 aliphatic heterocycles. The van der Waals surface area contributed by atoms with E-state index >= 15 is 0 Å². The van der Waals surface area contributed by atoms with Gasteiger partial charge in [-0.3, -0.25) is 9.78 Å². The zero-order valence-electron chi connectivity index (χ0n) is 13.5. The van der Waals surface area contributed by atoms with Crippen LogP contribution in [0.25, 0.3) is 10.9 Å². The van der Waals surface area contributed by atoms with E-state index in [4.69, 9.17) is 0 Å². The maximum Gasteiger partial charge on any atom is 0.226 e. The zero-order chi connectivity index (χ0) is 16.2. The van der Waals surface area contributed by atoms with E-state index in [2.05, 4.69) is 16.0 Å². The molecule has 0 aliphatic rings. The Labute approximate surface area is 136 Å². The lowest BCUT2D eigenvalue weighted by atomic mass is 10.1. The van der Waals surface area contributed by atoms with Crippen LogP contribution in [-0.2, 0) is 17.6 Å². The van der Waals surface area contributed by atoms with Gasteiger partial charge in [-0.2, -0.15) is 0 Å². The van der Waals surface area contributed by atoms with Crippen molar-refractivity contribution in [1.82, 2.24) is 14.9 Å². The minimum absolute atomic E-state index is 0.133. The Kier molecular flexibility index (Phi) is 4.42. The van der Waals surface area contributed by atoms with Crippen LogP contribution in [0.3, 0.4) is 0 Å². The van der Waals surface area contributed by atoms with E-state index < -0.39 is 0 Å². The van der Waals surface area contributed by atoms with Gasteiger partial charge in [0.25, 0.3) is 0 Å². The number of amides is 1. The molecule has 0 saturated carbocycles. The standard InChI is InChI=1S/C19H21N3O/c1-14-17(16-8-3-4-9-18(16)21-14)13-19(23)22(2)12-10-15-7-5-6-11-20-15/h3-9,11,21H,10,12-13H2,1-2H3. The second kappa shape index (κ2) is 6.65. The highest BCUT2D eigenvalue weighted by atomic mass is 16.2. The highest BCUT2D eigenvalue weighted by Crippen LogP contribution is 2.22. The molecule has 1 aromatic carbocycles. The number of aromatic nitrogens is 2. The average Bonchev–Trinajstić information content (AvgIpc) is 2.89. The van der Waals surface area contributed by atoms with Crippen molar-refractivity contribution in [3.63, 3.8) is 0 Å². The van der Waals surface area contributed by atoms with E-state index in [0.717, 1.165) is 34.3 Å². The first-order chi connectivity index (χ1) is 11.1. The van der Waals surface area contributed by atoms with E-state index in [9.17, 15) is 4.79 Å². The Morgan fingerprint density at radius 2 is 1.96 bits per heavy atom. The van der Waals surface area contributed by atoms with E-state index in [0.29, 0.717) is 13.0 Å². The molecule has 2 heterocycles. The molecule has 0 spiro atoms. The minimum Gasteiger partial charge on any atom is -0.358 e. The fourth-order valence-electron chi connectivity index (χ4n) is 2.80. The highest BCUT2D eigenvalue weighted by molar-refractivity contribution is 5.90. The topological polar surface area (TPSA) is 49.0 Å². The largest absolute Gasteiger partial charge is 0.358 e. The molecular weight excluding hydrogens is 286 g/mol. The number of benzene rings is 1. The SMILES string of the molecule is Cc1[nH]c2ccccc2c1CC(=O)N(C)CCc1ccccn1. The third kappa shape index (κ3) is 3.42. The number of carbonyl (C=O) groups excluding carboxylic acids is 1. The molecule has 0 saturated heterocycles. The van der Waals surface area contributed by atoms with Crippen LogP contribution < -0.4 is 0 Å². The number of pyridine rings is 1. The molecule has 0 unspecified atom stereocenters. The number of carbonyl (C=O) groups is 1. The summed E-state index contributed by atoms with van der Waals surface area (Å²) in [5.41, 5.74) is 4.26. The van der Waals surface area contributed by atoms with Crippen molar-refractivity contribution in [2.45, 2.75) is 19.8 Å². The molecule has 2 aromatic heterocycles. The van der Waals surface area contributed by atoms with Gasteiger partial charge in [0.1, 0.15) is 0 Å². The van der Waals surface area contributed by atoms with Gasteiger partial charge in [-0.05, 0) is 30.7 Å². The van der Waals surface area contributed by atoms with Crippen molar-refractivity contribution in [2.24, 2.45) is 0 Å². The van der Waals surface area contributed by atoms with Gasteiger partial charge >= 0.3 is 0 Å². The number of fused-ring (bicyclic) bond motifs is 1. The van der Waals surface area contributed by atoms with Crippen molar-refractivity contribution in [2.75, 3.05) is 13.6 Å². The summed E-state index contributed by atoms with van der Waals surface area (Å²) in [6.07, 6.45) is 2.98. The molecule has 118 valence electrons. The van der Waals surface area contributed by atoms with Gasteiger partial charge in [-0.15, -0.1) is 0 Å². The number of para-hydroxylation sites is 1. The number of rotatable bonds is 5. The molecule has 4 nitrogen and oxygen atoms in total. The second-order valence-corrected chi connectivity index (χ2v) is 5.84. The van der Waals surface area contributed by atoms with Crippen molar-refractivity contribution < 1.29 is 4.79 Å². The number of nitrogens with zero attached hydrogens (tertiary/aromatic N) is 2. The van der Waals surface area contributed by atoms with Gasteiger partial charge in [0.05, 0.1) is 6.42 Å². The Bertz CT molecular complexity index is 808. The molecule has 23 heavy (non-hydrogen) atoms. The number of likely N-dealkylation sites (N-methyl/N-ethyl adjacent to an activating group) is 1. The van der Waals surface area contributed by atoms with Gasteiger partial charge in [0.2, 0.25) is 5.91 Å². The average molecular weight is 307 g/mol. The van der Waals surface area contributed by atoms with Crippen LogP contribution in [0.4, 0.5) is 0 Å². The molecule has 0 aliphatic carbocycles. The second-order valence-electron chi connectivity index (χ2n) is 5.84. The fraction of sp³-hybridized carbons (Fsp3) is 0.263. The van der Waals surface area contributed by atoms with Crippen LogP contribution in [0.2, 0.25) is 0 Å². The quantitative estimate of drug-likeness (QED) is 0.787. The van der Waals surface area contributed by atoms with Crippen LogP contribution in [-0.4, -0.2) is 34.4 Å². The molecule has 0 atom stereocenters. The Balaban J connectivity index is 1.67. The maximum absolute atomic E-state index is 12.5. The smallest absolute Gasteiger partial charge is 0.226 e. The summed E-state index contributed by atoms with van der Waals surface area (Å²) in [5.74, 6) is 0.133. The first-order valence-electron chi connectivity index (χ1n) is 7.85. The molecule has 0 bridgehead atoms. The molecule has 0 radical (unpaired) electrons. The summed E-state index contributed by atoms with van der Waals surface area (Å²) >= 11 is 0. The van der Waals surface area contributed by atoms with E-state index in [-0.39, 0.29) is 5.91 Å².